The number of aromatic nitrogens is 3. The lowest BCUT2D eigenvalue weighted by atomic mass is 9.88. The molecule has 2 aliphatic rings. The van der Waals surface area contributed by atoms with E-state index in [9.17, 15) is 4.39 Å². The van der Waals surface area contributed by atoms with E-state index in [-0.39, 0.29) is 11.7 Å². The molecule has 0 saturated carbocycles. The molecule has 2 saturated heterocycles. The third-order valence-electron chi connectivity index (χ3n) is 4.97. The summed E-state index contributed by atoms with van der Waals surface area (Å²) in [7, 11) is 0. The third kappa shape index (κ3) is 3.77. The van der Waals surface area contributed by atoms with Crippen LogP contribution in [0.1, 0.15) is 24.8 Å². The average molecular weight is 344 g/mol. The Morgan fingerprint density at radius 3 is 2.64 bits per heavy atom. The van der Waals surface area contributed by atoms with E-state index in [1.807, 2.05) is 12.1 Å². The van der Waals surface area contributed by atoms with Gasteiger partial charge < -0.3 is 14.4 Å². The summed E-state index contributed by atoms with van der Waals surface area (Å²) in [6, 6.07) is 3.93. The molecule has 1 unspecified atom stereocenters. The van der Waals surface area contributed by atoms with Gasteiger partial charge in [-0.3, -0.25) is 4.98 Å². The minimum absolute atomic E-state index is 0.112. The Hall–Kier alpha value is -2.12. The number of rotatable bonds is 4. The highest BCUT2D eigenvalue weighted by Crippen LogP contribution is 2.37. The number of hydrogen-bond acceptors (Lipinski definition) is 6. The lowest BCUT2D eigenvalue weighted by Gasteiger charge is -2.38. The Morgan fingerprint density at radius 2 is 1.92 bits per heavy atom. The van der Waals surface area contributed by atoms with Crippen molar-refractivity contribution in [2.45, 2.75) is 37.6 Å². The summed E-state index contributed by atoms with van der Waals surface area (Å²) >= 11 is 0. The first-order chi connectivity index (χ1) is 12.2. The minimum atomic E-state index is -0.412. The Balaban J connectivity index is 1.29. The molecule has 0 N–H and O–H groups in total. The molecule has 4 rings (SSSR count). The fraction of sp³-hybridized carbons (Fsp3) is 0.500. The Bertz CT molecular complexity index is 690. The van der Waals surface area contributed by atoms with E-state index < -0.39 is 5.82 Å². The van der Waals surface area contributed by atoms with Gasteiger partial charge in [0, 0.05) is 31.9 Å². The maximum absolute atomic E-state index is 13.0. The van der Waals surface area contributed by atoms with Crippen LogP contribution in [0.15, 0.2) is 36.9 Å². The van der Waals surface area contributed by atoms with E-state index in [0.717, 1.165) is 37.9 Å². The number of nitrogens with zero attached hydrogens (tertiary/aromatic N) is 4. The Kier molecular flexibility index (Phi) is 4.59. The number of piperidine rings is 1. The highest BCUT2D eigenvalue weighted by atomic mass is 19.1. The molecule has 25 heavy (non-hydrogen) atoms. The maximum Gasteiger partial charge on any atom is 0.225 e. The summed E-state index contributed by atoms with van der Waals surface area (Å²) in [6.07, 6.45) is 8.82. The molecule has 2 fully saturated rings. The van der Waals surface area contributed by atoms with Gasteiger partial charge in [-0.2, -0.15) is 0 Å². The molecule has 0 aliphatic carbocycles. The standard InChI is InChI=1S/C18H21FN4O2/c19-15-10-21-17(22-11-15)23-7-3-18(4-8-23)9-16(13-25-18)24-12-14-1-5-20-6-2-14/h1-2,5-6,10-11,16H,3-4,7-9,12-13H2. The molecule has 0 bridgehead atoms. The molecule has 132 valence electrons. The molecule has 0 aromatic carbocycles. The fourth-order valence-electron chi connectivity index (χ4n) is 3.53. The molecule has 7 heteroatoms. The SMILES string of the molecule is Fc1cnc(N2CCC3(CC2)CC(OCc2ccncc2)CO3)nc1. The topological polar surface area (TPSA) is 60.4 Å². The van der Waals surface area contributed by atoms with Gasteiger partial charge in [-0.05, 0) is 30.5 Å². The van der Waals surface area contributed by atoms with Crippen LogP contribution in [0.2, 0.25) is 0 Å². The van der Waals surface area contributed by atoms with Crippen LogP contribution in [0, 0.1) is 5.82 Å². The van der Waals surface area contributed by atoms with Gasteiger partial charge >= 0.3 is 0 Å². The normalized spacial score (nSPS) is 22.4. The largest absolute Gasteiger partial charge is 0.372 e. The number of halogens is 1. The zero-order valence-electron chi connectivity index (χ0n) is 14.0. The van der Waals surface area contributed by atoms with Crippen molar-refractivity contribution in [3.8, 4) is 0 Å². The lowest BCUT2D eigenvalue weighted by molar-refractivity contribution is -0.0205. The van der Waals surface area contributed by atoms with Gasteiger partial charge in [-0.1, -0.05) is 0 Å². The molecule has 0 radical (unpaired) electrons. The van der Waals surface area contributed by atoms with Crippen molar-refractivity contribution in [3.05, 3.63) is 48.3 Å². The third-order valence-corrected chi connectivity index (χ3v) is 4.97. The molecule has 0 amide bonds. The van der Waals surface area contributed by atoms with Crippen LogP contribution in [0.4, 0.5) is 10.3 Å². The van der Waals surface area contributed by atoms with Crippen molar-refractivity contribution < 1.29 is 13.9 Å². The predicted molar refractivity (Wildman–Crippen MR) is 89.6 cm³/mol. The zero-order chi connectivity index (χ0) is 17.1. The van der Waals surface area contributed by atoms with Crippen LogP contribution in [0.25, 0.3) is 0 Å². The summed E-state index contributed by atoms with van der Waals surface area (Å²) in [4.78, 5) is 14.2. The first-order valence-corrected chi connectivity index (χ1v) is 8.59. The van der Waals surface area contributed by atoms with Gasteiger partial charge in [0.2, 0.25) is 5.95 Å². The highest BCUT2D eigenvalue weighted by Gasteiger charge is 2.43. The first-order valence-electron chi connectivity index (χ1n) is 8.59. The monoisotopic (exact) mass is 344 g/mol. The number of hydrogen-bond donors (Lipinski definition) is 0. The summed E-state index contributed by atoms with van der Waals surface area (Å²) < 4.78 is 25.1. The summed E-state index contributed by atoms with van der Waals surface area (Å²) in [5, 5.41) is 0. The highest BCUT2D eigenvalue weighted by molar-refractivity contribution is 5.30. The van der Waals surface area contributed by atoms with Crippen molar-refractivity contribution >= 4 is 5.95 Å². The van der Waals surface area contributed by atoms with Gasteiger partial charge in [0.05, 0.1) is 37.3 Å². The van der Waals surface area contributed by atoms with E-state index in [0.29, 0.717) is 19.2 Å². The van der Waals surface area contributed by atoms with Crippen LogP contribution in [0.3, 0.4) is 0 Å². The second-order valence-corrected chi connectivity index (χ2v) is 6.67. The van der Waals surface area contributed by atoms with Crippen molar-refractivity contribution in [2.75, 3.05) is 24.6 Å². The van der Waals surface area contributed by atoms with Crippen molar-refractivity contribution in [3.63, 3.8) is 0 Å². The van der Waals surface area contributed by atoms with Gasteiger partial charge in [-0.15, -0.1) is 0 Å². The summed E-state index contributed by atoms with van der Waals surface area (Å²) in [5.41, 5.74) is 1.01. The summed E-state index contributed by atoms with van der Waals surface area (Å²) in [5.74, 6) is 0.172. The Labute approximate surface area is 146 Å². The first kappa shape index (κ1) is 16.4. The second kappa shape index (κ2) is 7.01. The van der Waals surface area contributed by atoms with E-state index >= 15 is 0 Å². The van der Waals surface area contributed by atoms with Crippen molar-refractivity contribution in [1.82, 2.24) is 15.0 Å². The summed E-state index contributed by atoms with van der Waals surface area (Å²) in [6.45, 7) is 2.84. The number of anilines is 1. The predicted octanol–water partition coefficient (Wildman–Crippen LogP) is 2.36. The van der Waals surface area contributed by atoms with Crippen LogP contribution >= 0.6 is 0 Å². The molecule has 2 aliphatic heterocycles. The molecule has 1 spiro atoms. The van der Waals surface area contributed by atoms with Crippen LogP contribution in [-0.2, 0) is 16.1 Å². The van der Waals surface area contributed by atoms with Crippen LogP contribution in [-0.4, -0.2) is 46.4 Å². The van der Waals surface area contributed by atoms with E-state index in [1.165, 1.54) is 12.4 Å². The molecule has 1 atom stereocenters. The van der Waals surface area contributed by atoms with E-state index in [1.54, 1.807) is 12.4 Å². The molecule has 6 nitrogen and oxygen atoms in total. The second-order valence-electron chi connectivity index (χ2n) is 6.67. The van der Waals surface area contributed by atoms with Gasteiger partial charge in [-0.25, -0.2) is 14.4 Å². The smallest absolute Gasteiger partial charge is 0.225 e. The maximum atomic E-state index is 13.0. The molecule has 2 aromatic heterocycles. The van der Waals surface area contributed by atoms with E-state index in [4.69, 9.17) is 9.47 Å². The molecular weight excluding hydrogens is 323 g/mol. The molecular formula is C18H21FN4O2. The lowest BCUT2D eigenvalue weighted by Crippen LogP contribution is -2.45. The number of ether oxygens (including phenoxy) is 2. The zero-order valence-corrected chi connectivity index (χ0v) is 14.0. The number of pyridine rings is 1. The van der Waals surface area contributed by atoms with Crippen LogP contribution in [0.5, 0.6) is 0 Å². The van der Waals surface area contributed by atoms with Gasteiger partial charge in [0.25, 0.3) is 0 Å². The van der Waals surface area contributed by atoms with Gasteiger partial charge in [0.15, 0.2) is 5.82 Å². The average Bonchev–Trinajstić information content (AvgIpc) is 3.05. The fourth-order valence-corrected chi connectivity index (χ4v) is 3.53. The van der Waals surface area contributed by atoms with Crippen molar-refractivity contribution in [2.24, 2.45) is 0 Å². The van der Waals surface area contributed by atoms with E-state index in [2.05, 4.69) is 19.9 Å². The minimum Gasteiger partial charge on any atom is -0.372 e. The molecule has 2 aromatic rings. The Morgan fingerprint density at radius 1 is 1.20 bits per heavy atom. The quantitative estimate of drug-likeness (QED) is 0.849. The molecule has 4 heterocycles. The van der Waals surface area contributed by atoms with Crippen LogP contribution < -0.4 is 4.90 Å². The van der Waals surface area contributed by atoms with Gasteiger partial charge in [0.1, 0.15) is 0 Å². The van der Waals surface area contributed by atoms with Crippen molar-refractivity contribution in [1.29, 1.82) is 0 Å².